The van der Waals surface area contributed by atoms with Gasteiger partial charge in [-0.05, 0) is 36.5 Å². The largest absolute Gasteiger partial charge is 0.377 e. The number of hydrogen-bond acceptors (Lipinski definition) is 3. The number of nitrogens with zero attached hydrogens (tertiary/aromatic N) is 2. The van der Waals surface area contributed by atoms with E-state index in [4.69, 9.17) is 4.74 Å². The molecular weight excluding hydrogens is 252 g/mol. The van der Waals surface area contributed by atoms with E-state index >= 15 is 0 Å². The standard InChI is InChI=1S/C16H24N2O2/c1-12(2)15-14(5-4-10-20-15)16(19)18(3)11-13-6-8-17-9-7-13/h6-9,12,14-15H,4-5,10-11H2,1-3H3. The van der Waals surface area contributed by atoms with Crippen molar-refractivity contribution in [1.29, 1.82) is 0 Å². The summed E-state index contributed by atoms with van der Waals surface area (Å²) in [5, 5.41) is 0. The molecule has 2 atom stereocenters. The first-order valence-electron chi connectivity index (χ1n) is 7.35. The number of ether oxygens (including phenoxy) is 1. The Morgan fingerprint density at radius 1 is 1.45 bits per heavy atom. The summed E-state index contributed by atoms with van der Waals surface area (Å²) in [6.07, 6.45) is 5.48. The van der Waals surface area contributed by atoms with Crippen LogP contribution in [0.3, 0.4) is 0 Å². The Bertz CT molecular complexity index is 433. The second kappa shape index (κ2) is 6.84. The summed E-state index contributed by atoms with van der Waals surface area (Å²) in [7, 11) is 1.87. The number of hydrogen-bond donors (Lipinski definition) is 0. The van der Waals surface area contributed by atoms with Crippen LogP contribution in [-0.2, 0) is 16.1 Å². The predicted octanol–water partition coefficient (Wildman–Crippen LogP) is 2.49. The summed E-state index contributed by atoms with van der Waals surface area (Å²) >= 11 is 0. The Kier molecular flexibility index (Phi) is 5.12. The van der Waals surface area contributed by atoms with Crippen LogP contribution in [0.5, 0.6) is 0 Å². The van der Waals surface area contributed by atoms with Crippen molar-refractivity contribution >= 4 is 5.91 Å². The molecule has 0 aromatic carbocycles. The van der Waals surface area contributed by atoms with Gasteiger partial charge in [-0.15, -0.1) is 0 Å². The quantitative estimate of drug-likeness (QED) is 0.848. The van der Waals surface area contributed by atoms with Gasteiger partial charge in [-0.1, -0.05) is 13.8 Å². The highest BCUT2D eigenvalue weighted by Crippen LogP contribution is 2.28. The van der Waals surface area contributed by atoms with Gasteiger partial charge in [0, 0.05) is 32.6 Å². The summed E-state index contributed by atoms with van der Waals surface area (Å²) in [5.41, 5.74) is 1.11. The number of aromatic nitrogens is 1. The summed E-state index contributed by atoms with van der Waals surface area (Å²) in [4.78, 5) is 18.5. The zero-order valence-corrected chi connectivity index (χ0v) is 12.6. The second-order valence-electron chi connectivity index (χ2n) is 5.88. The van der Waals surface area contributed by atoms with Crippen molar-refractivity contribution in [3.05, 3.63) is 30.1 Å². The Morgan fingerprint density at radius 2 is 2.15 bits per heavy atom. The van der Waals surface area contributed by atoms with Gasteiger partial charge >= 0.3 is 0 Å². The van der Waals surface area contributed by atoms with E-state index in [0.29, 0.717) is 12.5 Å². The third-order valence-electron chi connectivity index (χ3n) is 3.89. The normalized spacial score (nSPS) is 22.8. The maximum atomic E-state index is 12.6. The minimum absolute atomic E-state index is 0.00409. The first kappa shape index (κ1) is 15.0. The Morgan fingerprint density at radius 3 is 2.80 bits per heavy atom. The van der Waals surface area contributed by atoms with E-state index < -0.39 is 0 Å². The Labute approximate surface area is 121 Å². The molecule has 0 spiro atoms. The van der Waals surface area contributed by atoms with Gasteiger partial charge in [0.15, 0.2) is 0 Å². The lowest BCUT2D eigenvalue weighted by molar-refractivity contribution is -0.147. The van der Waals surface area contributed by atoms with Crippen molar-refractivity contribution in [2.24, 2.45) is 11.8 Å². The molecule has 20 heavy (non-hydrogen) atoms. The summed E-state index contributed by atoms with van der Waals surface area (Å²) in [6.45, 7) is 5.65. The number of carbonyl (C=O) groups is 1. The monoisotopic (exact) mass is 276 g/mol. The molecule has 0 bridgehead atoms. The van der Waals surface area contributed by atoms with Crippen LogP contribution in [0.2, 0.25) is 0 Å². The zero-order valence-electron chi connectivity index (χ0n) is 12.6. The van der Waals surface area contributed by atoms with Crippen LogP contribution in [-0.4, -0.2) is 35.5 Å². The first-order chi connectivity index (χ1) is 9.59. The van der Waals surface area contributed by atoms with Crippen molar-refractivity contribution in [2.75, 3.05) is 13.7 Å². The first-order valence-corrected chi connectivity index (χ1v) is 7.35. The fraction of sp³-hybridized carbons (Fsp3) is 0.625. The lowest BCUT2D eigenvalue weighted by Gasteiger charge is -2.35. The highest BCUT2D eigenvalue weighted by Gasteiger charge is 2.35. The fourth-order valence-electron chi connectivity index (χ4n) is 2.85. The number of amides is 1. The van der Waals surface area contributed by atoms with Crippen LogP contribution >= 0.6 is 0 Å². The van der Waals surface area contributed by atoms with E-state index in [1.165, 1.54) is 0 Å². The molecule has 1 aliphatic rings. The van der Waals surface area contributed by atoms with Crippen molar-refractivity contribution in [3.8, 4) is 0 Å². The molecule has 110 valence electrons. The van der Waals surface area contributed by atoms with E-state index in [0.717, 1.165) is 25.0 Å². The van der Waals surface area contributed by atoms with Gasteiger partial charge in [0.05, 0.1) is 12.0 Å². The highest BCUT2D eigenvalue weighted by atomic mass is 16.5. The molecule has 0 aliphatic carbocycles. The van der Waals surface area contributed by atoms with E-state index in [9.17, 15) is 4.79 Å². The van der Waals surface area contributed by atoms with Gasteiger partial charge in [-0.25, -0.2) is 0 Å². The molecule has 0 N–H and O–H groups in total. The van der Waals surface area contributed by atoms with Gasteiger partial charge in [-0.2, -0.15) is 0 Å². The molecule has 1 aromatic heterocycles. The molecule has 2 heterocycles. The topological polar surface area (TPSA) is 42.4 Å². The molecule has 1 aliphatic heterocycles. The van der Waals surface area contributed by atoms with E-state index in [1.807, 2.05) is 24.1 Å². The minimum atomic E-state index is -0.00409. The molecule has 1 amide bonds. The van der Waals surface area contributed by atoms with E-state index in [1.54, 1.807) is 12.4 Å². The van der Waals surface area contributed by atoms with Crippen molar-refractivity contribution in [2.45, 2.75) is 39.3 Å². The molecule has 2 unspecified atom stereocenters. The minimum Gasteiger partial charge on any atom is -0.377 e. The molecule has 0 radical (unpaired) electrons. The van der Waals surface area contributed by atoms with Crippen LogP contribution in [0.1, 0.15) is 32.3 Å². The third-order valence-corrected chi connectivity index (χ3v) is 3.89. The highest BCUT2D eigenvalue weighted by molar-refractivity contribution is 5.79. The third kappa shape index (κ3) is 3.57. The summed E-state index contributed by atoms with van der Waals surface area (Å²) in [6, 6.07) is 3.89. The zero-order chi connectivity index (χ0) is 14.5. The van der Waals surface area contributed by atoms with E-state index in [2.05, 4.69) is 18.8 Å². The molecular formula is C16H24N2O2. The van der Waals surface area contributed by atoms with Crippen molar-refractivity contribution in [1.82, 2.24) is 9.88 Å². The van der Waals surface area contributed by atoms with E-state index in [-0.39, 0.29) is 17.9 Å². The maximum absolute atomic E-state index is 12.6. The van der Waals surface area contributed by atoms with Gasteiger partial charge in [-0.3, -0.25) is 9.78 Å². The molecule has 1 fully saturated rings. The maximum Gasteiger partial charge on any atom is 0.228 e. The van der Waals surface area contributed by atoms with Crippen LogP contribution in [0.25, 0.3) is 0 Å². The smallest absolute Gasteiger partial charge is 0.228 e. The molecule has 1 saturated heterocycles. The summed E-state index contributed by atoms with van der Waals surface area (Å²) < 4.78 is 5.82. The predicted molar refractivity (Wildman–Crippen MR) is 78.0 cm³/mol. The lowest BCUT2D eigenvalue weighted by atomic mass is 9.86. The average Bonchev–Trinajstić information content (AvgIpc) is 2.47. The Hall–Kier alpha value is -1.42. The SMILES string of the molecule is CC(C)C1OCCCC1C(=O)N(C)Cc1ccncc1. The Balaban J connectivity index is 2.01. The van der Waals surface area contributed by atoms with Crippen LogP contribution in [0.15, 0.2) is 24.5 Å². The van der Waals surface area contributed by atoms with Crippen molar-refractivity contribution < 1.29 is 9.53 Å². The molecule has 4 nitrogen and oxygen atoms in total. The van der Waals surface area contributed by atoms with Crippen LogP contribution in [0, 0.1) is 11.8 Å². The summed E-state index contributed by atoms with van der Waals surface area (Å²) in [5.74, 6) is 0.564. The van der Waals surface area contributed by atoms with Crippen molar-refractivity contribution in [3.63, 3.8) is 0 Å². The van der Waals surface area contributed by atoms with Crippen LogP contribution in [0.4, 0.5) is 0 Å². The van der Waals surface area contributed by atoms with Gasteiger partial charge in [0.2, 0.25) is 5.91 Å². The number of pyridine rings is 1. The molecule has 4 heteroatoms. The molecule has 2 rings (SSSR count). The van der Waals surface area contributed by atoms with Gasteiger partial charge in [0.25, 0.3) is 0 Å². The van der Waals surface area contributed by atoms with Crippen LogP contribution < -0.4 is 0 Å². The number of carbonyl (C=O) groups excluding carboxylic acids is 1. The lowest BCUT2D eigenvalue weighted by Crippen LogP contribution is -2.44. The van der Waals surface area contributed by atoms with Gasteiger partial charge < -0.3 is 9.64 Å². The van der Waals surface area contributed by atoms with Gasteiger partial charge in [0.1, 0.15) is 0 Å². The fourth-order valence-corrected chi connectivity index (χ4v) is 2.85. The number of rotatable bonds is 4. The second-order valence-corrected chi connectivity index (χ2v) is 5.88. The molecule has 1 aromatic rings. The molecule has 0 saturated carbocycles. The average molecular weight is 276 g/mol.